The first-order valence-corrected chi connectivity index (χ1v) is 10.5. The van der Waals surface area contributed by atoms with Crippen LogP contribution in [0.4, 0.5) is 4.39 Å². The van der Waals surface area contributed by atoms with Crippen molar-refractivity contribution in [1.82, 2.24) is 20.0 Å². The van der Waals surface area contributed by atoms with Crippen LogP contribution in [0.3, 0.4) is 0 Å². The standard InChI is InChI=1S/C22H23ClFN5O5/c1-34-19(32)12-28(10-17(30)26-9-13-5-4-7-15(23)20(13)24)18(31)11-29-16-8-3-2-6-14(16)21(27-29)22(25)33/h2-8,19,32H,9-12H2,1H3,(H2,25,33)(H,26,30). The molecule has 3 rings (SSSR count). The lowest BCUT2D eigenvalue weighted by Gasteiger charge is -2.24. The number of halogens is 2. The molecule has 0 spiro atoms. The number of aliphatic hydroxyl groups is 1. The van der Waals surface area contributed by atoms with Gasteiger partial charge in [-0.3, -0.25) is 19.1 Å². The van der Waals surface area contributed by atoms with Crippen LogP contribution in [0.5, 0.6) is 0 Å². The van der Waals surface area contributed by atoms with Crippen LogP contribution in [0, 0.1) is 5.82 Å². The number of aromatic nitrogens is 2. The van der Waals surface area contributed by atoms with Crippen molar-refractivity contribution in [2.75, 3.05) is 20.2 Å². The maximum atomic E-state index is 14.0. The fraction of sp³-hybridized carbons (Fsp3) is 0.273. The van der Waals surface area contributed by atoms with Crippen molar-refractivity contribution in [2.24, 2.45) is 5.73 Å². The van der Waals surface area contributed by atoms with E-state index < -0.39 is 36.4 Å². The van der Waals surface area contributed by atoms with Gasteiger partial charge in [-0.25, -0.2) is 4.39 Å². The van der Waals surface area contributed by atoms with Crippen molar-refractivity contribution in [2.45, 2.75) is 19.4 Å². The van der Waals surface area contributed by atoms with Crippen LogP contribution in [-0.2, 0) is 27.4 Å². The van der Waals surface area contributed by atoms with Gasteiger partial charge in [0.05, 0.1) is 23.6 Å². The second-order valence-electron chi connectivity index (χ2n) is 7.34. The Labute approximate surface area is 199 Å². The number of amides is 3. The smallest absolute Gasteiger partial charge is 0.269 e. The molecule has 0 aliphatic heterocycles. The quantitative estimate of drug-likeness (QED) is 0.362. The van der Waals surface area contributed by atoms with Gasteiger partial charge in [0, 0.05) is 24.6 Å². The maximum Gasteiger partial charge on any atom is 0.269 e. The molecule has 0 saturated carbocycles. The lowest BCUT2D eigenvalue weighted by atomic mass is 10.2. The van der Waals surface area contributed by atoms with Crippen LogP contribution >= 0.6 is 11.6 Å². The molecule has 0 radical (unpaired) electrons. The third-order valence-electron chi connectivity index (χ3n) is 5.02. The van der Waals surface area contributed by atoms with Crippen molar-refractivity contribution in [1.29, 1.82) is 0 Å². The first-order valence-electron chi connectivity index (χ1n) is 10.1. The number of nitrogens with two attached hydrogens (primary N) is 1. The zero-order valence-corrected chi connectivity index (χ0v) is 19.0. The summed E-state index contributed by atoms with van der Waals surface area (Å²) >= 11 is 5.75. The van der Waals surface area contributed by atoms with Gasteiger partial charge in [-0.1, -0.05) is 41.9 Å². The number of carbonyl (C=O) groups excluding carboxylic acids is 3. The van der Waals surface area contributed by atoms with E-state index in [1.807, 2.05) is 0 Å². The number of carbonyl (C=O) groups is 3. The molecule has 1 aromatic heterocycles. The summed E-state index contributed by atoms with van der Waals surface area (Å²) in [5.74, 6) is -2.58. The van der Waals surface area contributed by atoms with Crippen LogP contribution in [0.15, 0.2) is 42.5 Å². The molecule has 10 nitrogen and oxygen atoms in total. The highest BCUT2D eigenvalue weighted by molar-refractivity contribution is 6.30. The van der Waals surface area contributed by atoms with Gasteiger partial charge in [-0.2, -0.15) is 5.10 Å². The number of benzene rings is 2. The van der Waals surface area contributed by atoms with Gasteiger partial charge < -0.3 is 25.8 Å². The highest BCUT2D eigenvalue weighted by Gasteiger charge is 2.23. The van der Waals surface area contributed by atoms with Crippen LogP contribution in [0.25, 0.3) is 10.9 Å². The molecular weight excluding hydrogens is 469 g/mol. The average Bonchev–Trinajstić information content (AvgIpc) is 3.18. The van der Waals surface area contributed by atoms with Crippen LogP contribution in [-0.4, -0.2) is 64.0 Å². The molecule has 3 aromatic rings. The Morgan fingerprint density at radius 2 is 2.00 bits per heavy atom. The Balaban J connectivity index is 1.75. The molecule has 0 fully saturated rings. The number of aliphatic hydroxyl groups excluding tert-OH is 1. The van der Waals surface area contributed by atoms with Crippen molar-refractivity contribution in [3.05, 3.63) is 64.6 Å². The topological polar surface area (TPSA) is 140 Å². The Hall–Kier alpha value is -3.54. The van der Waals surface area contributed by atoms with Crippen molar-refractivity contribution >= 4 is 40.2 Å². The maximum absolute atomic E-state index is 14.0. The van der Waals surface area contributed by atoms with E-state index in [4.69, 9.17) is 22.1 Å². The molecule has 1 heterocycles. The summed E-state index contributed by atoms with van der Waals surface area (Å²) in [6.07, 6.45) is -1.35. The van der Waals surface area contributed by atoms with E-state index in [0.29, 0.717) is 10.9 Å². The molecule has 0 aliphatic carbocycles. The van der Waals surface area contributed by atoms with Gasteiger partial charge in [0.15, 0.2) is 12.0 Å². The second-order valence-corrected chi connectivity index (χ2v) is 7.75. The van der Waals surface area contributed by atoms with E-state index in [0.717, 1.165) is 4.90 Å². The Morgan fingerprint density at radius 1 is 1.26 bits per heavy atom. The molecule has 0 bridgehead atoms. The summed E-state index contributed by atoms with van der Waals surface area (Å²) in [7, 11) is 1.25. The number of nitrogens with zero attached hydrogens (tertiary/aromatic N) is 3. The molecule has 0 saturated heterocycles. The van der Waals surface area contributed by atoms with Gasteiger partial charge in [0.2, 0.25) is 11.8 Å². The fourth-order valence-corrected chi connectivity index (χ4v) is 3.48. The van der Waals surface area contributed by atoms with Crippen LogP contribution in [0.2, 0.25) is 5.02 Å². The molecule has 2 aromatic carbocycles. The van der Waals surface area contributed by atoms with E-state index in [1.165, 1.54) is 23.9 Å². The molecule has 4 N–H and O–H groups in total. The number of hydrogen-bond donors (Lipinski definition) is 3. The lowest BCUT2D eigenvalue weighted by Crippen LogP contribution is -2.45. The van der Waals surface area contributed by atoms with Gasteiger partial charge in [0.1, 0.15) is 12.4 Å². The first kappa shape index (κ1) is 25.1. The van der Waals surface area contributed by atoms with E-state index in [1.54, 1.807) is 30.3 Å². The summed E-state index contributed by atoms with van der Waals surface area (Å²) in [4.78, 5) is 38.3. The molecule has 1 unspecified atom stereocenters. The first-order chi connectivity index (χ1) is 16.2. The Bertz CT molecular complexity index is 1220. The summed E-state index contributed by atoms with van der Waals surface area (Å²) in [5.41, 5.74) is 6.07. The number of hydrogen-bond acceptors (Lipinski definition) is 6. The van der Waals surface area contributed by atoms with Gasteiger partial charge in [0.25, 0.3) is 5.91 Å². The molecule has 180 valence electrons. The fourth-order valence-electron chi connectivity index (χ4n) is 3.28. The van der Waals surface area contributed by atoms with Gasteiger partial charge in [-0.15, -0.1) is 0 Å². The lowest BCUT2D eigenvalue weighted by molar-refractivity contribution is -0.145. The summed E-state index contributed by atoms with van der Waals surface area (Å²) in [6, 6.07) is 11.1. The predicted molar refractivity (Wildman–Crippen MR) is 121 cm³/mol. The number of primary amides is 1. The third-order valence-corrected chi connectivity index (χ3v) is 5.31. The second kappa shape index (κ2) is 11.1. The summed E-state index contributed by atoms with van der Waals surface area (Å²) < 4.78 is 20.2. The van der Waals surface area contributed by atoms with Crippen molar-refractivity contribution in [3.63, 3.8) is 0 Å². The SMILES string of the molecule is COC(O)CN(CC(=O)NCc1cccc(Cl)c1F)C(=O)Cn1nc(C(N)=O)c2ccccc21. The Morgan fingerprint density at radius 3 is 2.71 bits per heavy atom. The predicted octanol–water partition coefficient (Wildman–Crippen LogP) is 1.04. The van der Waals surface area contributed by atoms with Gasteiger partial charge in [-0.05, 0) is 12.1 Å². The number of para-hydroxylation sites is 1. The minimum atomic E-state index is -1.35. The summed E-state index contributed by atoms with van der Waals surface area (Å²) in [6.45, 7) is -1.23. The van der Waals surface area contributed by atoms with Crippen LogP contribution < -0.4 is 11.1 Å². The average molecular weight is 492 g/mol. The van der Waals surface area contributed by atoms with Crippen LogP contribution in [0.1, 0.15) is 16.1 Å². The number of nitrogens with one attached hydrogen (secondary N) is 1. The zero-order chi connectivity index (χ0) is 24.8. The molecule has 34 heavy (non-hydrogen) atoms. The zero-order valence-electron chi connectivity index (χ0n) is 18.2. The number of methoxy groups -OCH3 is 1. The largest absolute Gasteiger partial charge is 0.366 e. The number of fused-ring (bicyclic) bond motifs is 1. The molecule has 12 heteroatoms. The number of rotatable bonds is 10. The minimum Gasteiger partial charge on any atom is -0.366 e. The normalized spacial score (nSPS) is 11.9. The summed E-state index contributed by atoms with van der Waals surface area (Å²) in [5, 5.41) is 16.9. The molecule has 3 amide bonds. The van der Waals surface area contributed by atoms with E-state index >= 15 is 0 Å². The van der Waals surface area contributed by atoms with Crippen molar-refractivity contribution < 1.29 is 28.6 Å². The van der Waals surface area contributed by atoms with E-state index in [-0.39, 0.29) is 35.9 Å². The highest BCUT2D eigenvalue weighted by atomic mass is 35.5. The highest BCUT2D eigenvalue weighted by Crippen LogP contribution is 2.19. The minimum absolute atomic E-state index is 0.00756. The van der Waals surface area contributed by atoms with E-state index in [2.05, 4.69) is 10.4 Å². The number of ether oxygens (including phenoxy) is 1. The Kier molecular flexibility index (Phi) is 8.16. The van der Waals surface area contributed by atoms with Gasteiger partial charge >= 0.3 is 0 Å². The third kappa shape index (κ3) is 5.87. The van der Waals surface area contributed by atoms with Crippen molar-refractivity contribution in [3.8, 4) is 0 Å². The molecule has 0 aliphatic rings. The van der Waals surface area contributed by atoms with E-state index in [9.17, 15) is 23.9 Å². The monoisotopic (exact) mass is 491 g/mol. The molecular formula is C22H23ClFN5O5. The molecule has 1 atom stereocenters.